The van der Waals surface area contributed by atoms with Crippen LogP contribution in [0.15, 0.2) is 40.8 Å². The molecule has 0 amide bonds. The van der Waals surface area contributed by atoms with Crippen molar-refractivity contribution in [2.75, 3.05) is 0 Å². The van der Waals surface area contributed by atoms with E-state index in [1.54, 1.807) is 24.3 Å². The minimum absolute atomic E-state index is 0.0897. The first-order valence-electron chi connectivity index (χ1n) is 6.02. The average Bonchev–Trinajstić information content (AvgIpc) is 2.91. The van der Waals surface area contributed by atoms with Gasteiger partial charge in [0.1, 0.15) is 11.5 Å². The third-order valence-electron chi connectivity index (χ3n) is 3.12. The minimum Gasteiger partial charge on any atom is -0.507 e. The van der Waals surface area contributed by atoms with E-state index in [9.17, 15) is 10.2 Å². The van der Waals surface area contributed by atoms with Crippen molar-refractivity contribution in [2.24, 2.45) is 0 Å². The number of aromatic hydroxyl groups is 2. The number of phenols is 2. The highest BCUT2D eigenvalue weighted by Crippen LogP contribution is 2.37. The molecule has 0 spiro atoms. The van der Waals surface area contributed by atoms with Gasteiger partial charge in [0.25, 0.3) is 0 Å². The quantitative estimate of drug-likeness (QED) is 0.710. The van der Waals surface area contributed by atoms with Crippen LogP contribution >= 0.6 is 0 Å². The molecule has 5 nitrogen and oxygen atoms in total. The van der Waals surface area contributed by atoms with Gasteiger partial charge in [0.2, 0.25) is 0 Å². The van der Waals surface area contributed by atoms with Gasteiger partial charge in [-0.2, -0.15) is 10.5 Å². The van der Waals surface area contributed by atoms with Crippen molar-refractivity contribution in [3.05, 3.63) is 47.5 Å². The van der Waals surface area contributed by atoms with Crippen molar-refractivity contribution in [3.8, 4) is 35.0 Å². The first-order valence-corrected chi connectivity index (χ1v) is 6.02. The Balaban J connectivity index is 2.21. The summed E-state index contributed by atoms with van der Waals surface area (Å²) >= 11 is 0. The first kappa shape index (κ1) is 12.6. The third-order valence-corrected chi connectivity index (χ3v) is 3.12. The summed E-state index contributed by atoms with van der Waals surface area (Å²) < 4.78 is 5.54. The third kappa shape index (κ3) is 2.03. The highest BCUT2D eigenvalue weighted by Gasteiger charge is 2.14. The monoisotopic (exact) mass is 276 g/mol. The lowest BCUT2D eigenvalue weighted by Crippen LogP contribution is -1.78. The Morgan fingerprint density at radius 3 is 2.24 bits per heavy atom. The molecule has 0 aliphatic carbocycles. The van der Waals surface area contributed by atoms with Gasteiger partial charge >= 0.3 is 0 Å². The van der Waals surface area contributed by atoms with Gasteiger partial charge in [-0.3, -0.25) is 0 Å². The zero-order valence-corrected chi connectivity index (χ0v) is 10.7. The van der Waals surface area contributed by atoms with Crippen molar-refractivity contribution in [3.63, 3.8) is 0 Å². The smallest absolute Gasteiger partial charge is 0.176 e. The summed E-state index contributed by atoms with van der Waals surface area (Å²) in [6.07, 6.45) is 0. The molecule has 21 heavy (non-hydrogen) atoms. The zero-order valence-electron chi connectivity index (χ0n) is 10.7. The largest absolute Gasteiger partial charge is 0.507 e. The predicted molar refractivity (Wildman–Crippen MR) is 74.4 cm³/mol. The van der Waals surface area contributed by atoms with Gasteiger partial charge in [0, 0.05) is 11.5 Å². The fourth-order valence-corrected chi connectivity index (χ4v) is 2.14. The summed E-state index contributed by atoms with van der Waals surface area (Å²) in [6.45, 7) is 0. The zero-order chi connectivity index (χ0) is 15.0. The topological polar surface area (TPSA) is 101 Å². The molecule has 0 saturated heterocycles. The Hall–Kier alpha value is -3.44. The molecule has 3 aromatic rings. The molecule has 0 aliphatic heterocycles. The minimum atomic E-state index is -0.136. The van der Waals surface area contributed by atoms with Crippen LogP contribution in [0.25, 0.3) is 22.3 Å². The van der Waals surface area contributed by atoms with Crippen LogP contribution in [0, 0.1) is 22.7 Å². The number of furan rings is 1. The summed E-state index contributed by atoms with van der Waals surface area (Å²) in [4.78, 5) is 0. The molecule has 2 aromatic carbocycles. The normalized spacial score (nSPS) is 10.2. The maximum absolute atomic E-state index is 9.95. The number of nitrogens with zero attached hydrogens (tertiary/aromatic N) is 2. The van der Waals surface area contributed by atoms with Gasteiger partial charge < -0.3 is 14.6 Å². The predicted octanol–water partition coefficient (Wildman–Crippen LogP) is 3.25. The molecule has 0 atom stereocenters. The van der Waals surface area contributed by atoms with E-state index < -0.39 is 0 Å². The summed E-state index contributed by atoms with van der Waals surface area (Å²) in [5.74, 6) is 0.119. The van der Waals surface area contributed by atoms with Crippen molar-refractivity contribution in [1.82, 2.24) is 0 Å². The van der Waals surface area contributed by atoms with Gasteiger partial charge in [-0.15, -0.1) is 0 Å². The van der Waals surface area contributed by atoms with Gasteiger partial charge in [0.15, 0.2) is 11.3 Å². The summed E-state index contributed by atoms with van der Waals surface area (Å²) in [7, 11) is 0. The Morgan fingerprint density at radius 1 is 0.857 bits per heavy atom. The van der Waals surface area contributed by atoms with E-state index in [4.69, 9.17) is 14.9 Å². The Kier molecular flexibility index (Phi) is 2.75. The summed E-state index contributed by atoms with van der Waals surface area (Å²) in [5, 5.41) is 38.0. The molecular weight excluding hydrogens is 268 g/mol. The number of nitriles is 2. The van der Waals surface area contributed by atoms with Crippen molar-refractivity contribution >= 4 is 11.0 Å². The van der Waals surface area contributed by atoms with Crippen LogP contribution in [0.1, 0.15) is 11.1 Å². The van der Waals surface area contributed by atoms with Crippen LogP contribution in [0.2, 0.25) is 0 Å². The second-order valence-electron chi connectivity index (χ2n) is 4.48. The molecule has 100 valence electrons. The van der Waals surface area contributed by atoms with E-state index in [1.807, 2.05) is 12.1 Å². The van der Waals surface area contributed by atoms with E-state index in [0.717, 1.165) is 0 Å². The molecule has 0 saturated carbocycles. The van der Waals surface area contributed by atoms with Crippen LogP contribution in [0.4, 0.5) is 0 Å². The fraction of sp³-hybridized carbons (Fsp3) is 0. The molecule has 0 aliphatic rings. The Morgan fingerprint density at radius 2 is 1.57 bits per heavy atom. The molecule has 0 fully saturated rings. The lowest BCUT2D eigenvalue weighted by atomic mass is 10.1. The highest BCUT2D eigenvalue weighted by atomic mass is 16.4. The second-order valence-corrected chi connectivity index (χ2v) is 4.48. The molecule has 5 heteroatoms. The molecule has 0 bridgehead atoms. The van der Waals surface area contributed by atoms with Crippen LogP contribution in [-0.2, 0) is 0 Å². The number of benzene rings is 2. The van der Waals surface area contributed by atoms with Crippen molar-refractivity contribution in [2.45, 2.75) is 0 Å². The SMILES string of the molecule is N#Cc1ccc(-c2cc3cc(C#N)cc(O)c3o2)c(O)c1. The van der Waals surface area contributed by atoms with Crippen LogP contribution in [0.5, 0.6) is 11.5 Å². The van der Waals surface area contributed by atoms with Crippen LogP contribution in [-0.4, -0.2) is 10.2 Å². The van der Waals surface area contributed by atoms with E-state index in [2.05, 4.69) is 0 Å². The van der Waals surface area contributed by atoms with Crippen LogP contribution in [0.3, 0.4) is 0 Å². The molecule has 1 heterocycles. The standard InChI is InChI=1S/C16H8N2O3/c17-7-9-1-2-12(13(19)4-9)15-6-11-3-10(8-18)5-14(20)16(11)21-15/h1-6,19-20H. The second kappa shape index (κ2) is 4.59. The maximum atomic E-state index is 9.95. The molecule has 3 rings (SSSR count). The first-order chi connectivity index (χ1) is 10.1. The van der Waals surface area contributed by atoms with E-state index in [0.29, 0.717) is 27.8 Å². The lowest BCUT2D eigenvalue weighted by molar-refractivity contribution is 0.463. The number of phenolic OH excluding ortho intramolecular Hbond substituents is 2. The molecule has 1 aromatic heterocycles. The summed E-state index contributed by atoms with van der Waals surface area (Å²) in [6, 6.07) is 12.9. The molecule has 0 radical (unpaired) electrons. The highest BCUT2D eigenvalue weighted by molar-refractivity contribution is 5.89. The lowest BCUT2D eigenvalue weighted by Gasteiger charge is -2.00. The number of hydrogen-bond acceptors (Lipinski definition) is 5. The van der Waals surface area contributed by atoms with Gasteiger partial charge in [-0.1, -0.05) is 0 Å². The number of hydrogen-bond donors (Lipinski definition) is 2. The average molecular weight is 276 g/mol. The van der Waals surface area contributed by atoms with Gasteiger partial charge in [0.05, 0.1) is 28.8 Å². The molecule has 0 unspecified atom stereocenters. The van der Waals surface area contributed by atoms with Gasteiger partial charge in [-0.05, 0) is 30.3 Å². The van der Waals surface area contributed by atoms with Crippen molar-refractivity contribution < 1.29 is 14.6 Å². The fourth-order valence-electron chi connectivity index (χ4n) is 2.14. The Labute approximate surface area is 119 Å². The van der Waals surface area contributed by atoms with E-state index >= 15 is 0 Å². The van der Waals surface area contributed by atoms with E-state index in [-0.39, 0.29) is 17.1 Å². The van der Waals surface area contributed by atoms with Crippen LogP contribution < -0.4 is 0 Å². The summed E-state index contributed by atoms with van der Waals surface area (Å²) in [5.41, 5.74) is 1.30. The maximum Gasteiger partial charge on any atom is 0.176 e. The van der Waals surface area contributed by atoms with Gasteiger partial charge in [-0.25, -0.2) is 0 Å². The van der Waals surface area contributed by atoms with E-state index in [1.165, 1.54) is 12.1 Å². The van der Waals surface area contributed by atoms with Crippen molar-refractivity contribution in [1.29, 1.82) is 10.5 Å². The molecule has 2 N–H and O–H groups in total. The Bertz CT molecular complexity index is 943. The number of rotatable bonds is 1. The number of fused-ring (bicyclic) bond motifs is 1. The molecular formula is C16H8N2O3.